The fourth-order valence-electron chi connectivity index (χ4n) is 1.97. The molecule has 0 fully saturated rings. The second-order valence-electron chi connectivity index (χ2n) is 6.92. The molecule has 0 aliphatic carbocycles. The smallest absolute Gasteiger partial charge is 0.407 e. The molecule has 1 amide bonds. The van der Waals surface area contributed by atoms with Crippen LogP contribution >= 0.6 is 27.5 Å². The van der Waals surface area contributed by atoms with Crippen LogP contribution in [0.4, 0.5) is 4.79 Å². The molecule has 0 aromatic heterocycles. The van der Waals surface area contributed by atoms with Crippen LogP contribution in [0.2, 0.25) is 0 Å². The highest BCUT2D eigenvalue weighted by Gasteiger charge is 2.26. The molecule has 1 aromatic carbocycles. The van der Waals surface area contributed by atoms with Gasteiger partial charge in [0.05, 0.1) is 5.88 Å². The van der Waals surface area contributed by atoms with Gasteiger partial charge in [0.25, 0.3) is 0 Å². The predicted molar refractivity (Wildman–Crippen MR) is 97.6 cm³/mol. The number of carbonyl (C=O) groups excluding carboxylic acids is 1. The first-order chi connectivity index (χ1) is 10.5. The van der Waals surface area contributed by atoms with Gasteiger partial charge in [0.2, 0.25) is 0 Å². The lowest BCUT2D eigenvalue weighted by Crippen LogP contribution is -2.40. The van der Waals surface area contributed by atoms with Crippen molar-refractivity contribution in [3.05, 3.63) is 28.2 Å². The summed E-state index contributed by atoms with van der Waals surface area (Å²) in [6.07, 6.45) is -0.420. The molecule has 6 heteroatoms. The molecule has 1 N–H and O–H groups in total. The second-order valence-corrected chi connectivity index (χ2v) is 8.15. The topological polar surface area (TPSA) is 47.6 Å². The van der Waals surface area contributed by atoms with E-state index in [1.165, 1.54) is 0 Å². The Kier molecular flexibility index (Phi) is 7.21. The summed E-state index contributed by atoms with van der Waals surface area (Å²) < 4.78 is 11.8. The van der Waals surface area contributed by atoms with E-state index in [0.717, 1.165) is 15.8 Å². The maximum absolute atomic E-state index is 11.8. The van der Waals surface area contributed by atoms with E-state index in [2.05, 4.69) is 35.1 Å². The van der Waals surface area contributed by atoms with E-state index in [1.54, 1.807) is 0 Å². The van der Waals surface area contributed by atoms with Gasteiger partial charge in [0.15, 0.2) is 0 Å². The minimum Gasteiger partial charge on any atom is -0.492 e. The van der Waals surface area contributed by atoms with Crippen molar-refractivity contribution in [2.24, 2.45) is 0 Å². The molecule has 0 atom stereocenters. The Morgan fingerprint density at radius 3 is 2.48 bits per heavy atom. The van der Waals surface area contributed by atoms with Crippen LogP contribution in [0.3, 0.4) is 0 Å². The van der Waals surface area contributed by atoms with Gasteiger partial charge in [-0.15, -0.1) is 11.6 Å². The SMILES string of the molecule is CC(C)(C)OC(=O)NCC(C)(C)c1cc(OCCCl)ccc1Br. The monoisotopic (exact) mass is 405 g/mol. The molecule has 0 unspecified atom stereocenters. The lowest BCUT2D eigenvalue weighted by Gasteiger charge is -2.28. The molecule has 130 valence electrons. The minimum absolute atomic E-state index is 0.296. The standard InChI is InChI=1S/C17H25BrClNO3/c1-16(2,3)23-15(21)20-11-17(4,5)13-10-12(22-9-8-19)6-7-14(13)18/h6-7,10H,8-9,11H2,1-5H3,(H,20,21). The lowest BCUT2D eigenvalue weighted by molar-refractivity contribution is 0.0517. The molecule has 0 radical (unpaired) electrons. The molecule has 0 heterocycles. The number of alkyl halides is 1. The quantitative estimate of drug-likeness (QED) is 0.686. The largest absolute Gasteiger partial charge is 0.492 e. The highest BCUT2D eigenvalue weighted by molar-refractivity contribution is 9.10. The van der Waals surface area contributed by atoms with Gasteiger partial charge in [0, 0.05) is 16.4 Å². The van der Waals surface area contributed by atoms with E-state index >= 15 is 0 Å². The number of ether oxygens (including phenoxy) is 2. The van der Waals surface area contributed by atoms with Crippen molar-refractivity contribution in [1.82, 2.24) is 5.32 Å². The van der Waals surface area contributed by atoms with Crippen molar-refractivity contribution in [3.63, 3.8) is 0 Å². The van der Waals surface area contributed by atoms with E-state index < -0.39 is 11.7 Å². The summed E-state index contributed by atoms with van der Waals surface area (Å²) in [5.41, 5.74) is 0.237. The van der Waals surface area contributed by atoms with Gasteiger partial charge in [-0.25, -0.2) is 4.79 Å². The first kappa shape index (κ1) is 20.1. The third-order valence-corrected chi connectivity index (χ3v) is 3.93. The van der Waals surface area contributed by atoms with Gasteiger partial charge in [-0.1, -0.05) is 29.8 Å². The summed E-state index contributed by atoms with van der Waals surface area (Å²) in [6.45, 7) is 10.5. The molecule has 0 saturated carbocycles. The van der Waals surface area contributed by atoms with Crippen molar-refractivity contribution in [2.45, 2.75) is 45.6 Å². The predicted octanol–water partition coefficient (Wildman–Crippen LogP) is 4.87. The second kappa shape index (κ2) is 8.25. The van der Waals surface area contributed by atoms with Crippen molar-refractivity contribution >= 4 is 33.6 Å². The number of hydrogen-bond donors (Lipinski definition) is 1. The molecule has 0 aliphatic heterocycles. The van der Waals surface area contributed by atoms with Crippen LogP contribution in [0, 0.1) is 0 Å². The number of carbonyl (C=O) groups is 1. The zero-order chi connectivity index (χ0) is 17.7. The van der Waals surface area contributed by atoms with E-state index in [9.17, 15) is 4.79 Å². The molecule has 4 nitrogen and oxygen atoms in total. The summed E-state index contributed by atoms with van der Waals surface area (Å²) in [5.74, 6) is 1.20. The van der Waals surface area contributed by atoms with Gasteiger partial charge in [-0.05, 0) is 44.5 Å². The van der Waals surface area contributed by atoms with Crippen LogP contribution in [0.1, 0.15) is 40.2 Å². The molecule has 1 aromatic rings. The Bertz CT molecular complexity index is 541. The summed E-state index contributed by atoms with van der Waals surface area (Å²) in [7, 11) is 0. The molecular formula is C17H25BrClNO3. The highest BCUT2D eigenvalue weighted by Crippen LogP contribution is 2.33. The van der Waals surface area contributed by atoms with Crippen LogP contribution < -0.4 is 10.1 Å². The van der Waals surface area contributed by atoms with Gasteiger partial charge in [0.1, 0.15) is 18.0 Å². The van der Waals surface area contributed by atoms with E-state index in [1.807, 2.05) is 39.0 Å². The summed E-state index contributed by atoms with van der Waals surface area (Å²) in [6, 6.07) is 5.79. The number of rotatable bonds is 6. The van der Waals surface area contributed by atoms with Crippen LogP contribution in [0.25, 0.3) is 0 Å². The Hall–Kier alpha value is -0.940. The number of nitrogens with one attached hydrogen (secondary N) is 1. The third kappa shape index (κ3) is 7.00. The molecule has 1 rings (SSSR count). The maximum atomic E-state index is 11.8. The van der Waals surface area contributed by atoms with Gasteiger partial charge < -0.3 is 14.8 Å². The zero-order valence-electron chi connectivity index (χ0n) is 14.3. The van der Waals surface area contributed by atoms with Crippen molar-refractivity contribution in [3.8, 4) is 5.75 Å². The lowest BCUT2D eigenvalue weighted by atomic mass is 9.84. The maximum Gasteiger partial charge on any atom is 0.407 e. The normalized spacial score (nSPS) is 12.0. The number of halogens is 2. The van der Waals surface area contributed by atoms with Crippen LogP contribution in [-0.4, -0.2) is 30.7 Å². The van der Waals surface area contributed by atoms with Crippen LogP contribution in [0.15, 0.2) is 22.7 Å². The summed E-state index contributed by atoms with van der Waals surface area (Å²) >= 11 is 9.22. The Balaban J connectivity index is 2.80. The Labute approximate surface area is 152 Å². The number of hydrogen-bond acceptors (Lipinski definition) is 3. The van der Waals surface area contributed by atoms with Crippen molar-refractivity contribution in [1.29, 1.82) is 0 Å². The molecule has 0 aliphatic rings. The minimum atomic E-state index is -0.510. The van der Waals surface area contributed by atoms with E-state index in [4.69, 9.17) is 21.1 Å². The average molecular weight is 407 g/mol. The molecule has 0 bridgehead atoms. The van der Waals surface area contributed by atoms with Gasteiger partial charge >= 0.3 is 6.09 Å². The highest BCUT2D eigenvalue weighted by atomic mass is 79.9. The van der Waals surface area contributed by atoms with Crippen molar-refractivity contribution < 1.29 is 14.3 Å². The van der Waals surface area contributed by atoms with Crippen LogP contribution in [0.5, 0.6) is 5.75 Å². The van der Waals surface area contributed by atoms with Gasteiger partial charge in [-0.2, -0.15) is 0 Å². The summed E-state index contributed by atoms with van der Waals surface area (Å²) in [5, 5.41) is 2.82. The van der Waals surface area contributed by atoms with E-state index in [0.29, 0.717) is 19.0 Å². The fourth-order valence-corrected chi connectivity index (χ4v) is 2.83. The fraction of sp³-hybridized carbons (Fsp3) is 0.588. The Morgan fingerprint density at radius 1 is 1.26 bits per heavy atom. The van der Waals surface area contributed by atoms with E-state index in [-0.39, 0.29) is 5.41 Å². The number of amides is 1. The van der Waals surface area contributed by atoms with Gasteiger partial charge in [-0.3, -0.25) is 0 Å². The molecule has 0 spiro atoms. The summed E-state index contributed by atoms with van der Waals surface area (Å²) in [4.78, 5) is 11.8. The average Bonchev–Trinajstić information content (AvgIpc) is 2.42. The van der Waals surface area contributed by atoms with Crippen LogP contribution in [-0.2, 0) is 10.2 Å². The first-order valence-electron chi connectivity index (χ1n) is 7.51. The molecule has 23 heavy (non-hydrogen) atoms. The van der Waals surface area contributed by atoms with Crippen molar-refractivity contribution in [2.75, 3.05) is 19.0 Å². The zero-order valence-corrected chi connectivity index (χ0v) is 16.7. The molecular weight excluding hydrogens is 382 g/mol. The first-order valence-corrected chi connectivity index (χ1v) is 8.83. The third-order valence-electron chi connectivity index (χ3n) is 3.09. The number of benzene rings is 1. The number of alkyl carbamates (subject to hydrolysis) is 1. The molecule has 0 saturated heterocycles. The Morgan fingerprint density at radius 2 is 1.91 bits per heavy atom.